The van der Waals surface area contributed by atoms with Crippen LogP contribution in [-0.2, 0) is 0 Å². The van der Waals surface area contributed by atoms with Crippen molar-refractivity contribution in [2.75, 3.05) is 12.8 Å². The van der Waals surface area contributed by atoms with Crippen molar-refractivity contribution in [1.82, 2.24) is 19.9 Å². The maximum atomic E-state index is 5.79. The van der Waals surface area contributed by atoms with Crippen molar-refractivity contribution in [3.63, 3.8) is 0 Å². The van der Waals surface area contributed by atoms with Crippen LogP contribution in [0, 0.1) is 0 Å². The van der Waals surface area contributed by atoms with Crippen LogP contribution in [0.2, 0.25) is 0 Å². The molecule has 0 atom stereocenters. The molecule has 7 nitrogen and oxygen atoms in total. The summed E-state index contributed by atoms with van der Waals surface area (Å²) < 4.78 is 12.1. The zero-order valence-corrected chi connectivity index (χ0v) is 10.9. The highest BCUT2D eigenvalue weighted by Crippen LogP contribution is 2.42. The number of nitrogen functional groups attached to an aromatic ring is 1. The number of nitrogens with zero attached hydrogens (tertiary/aromatic N) is 4. The van der Waals surface area contributed by atoms with E-state index in [4.69, 9.17) is 15.1 Å². The van der Waals surface area contributed by atoms with Crippen molar-refractivity contribution < 1.29 is 9.37 Å². The lowest BCUT2D eigenvalue weighted by Gasteiger charge is -2.05. The van der Waals surface area contributed by atoms with Gasteiger partial charge in [0.05, 0.1) is 18.1 Å². The van der Waals surface area contributed by atoms with E-state index in [9.17, 15) is 0 Å². The molecule has 0 bridgehead atoms. The Morgan fingerprint density at radius 1 is 1.35 bits per heavy atom. The monoisotopic (exact) mass is 271 g/mol. The number of aromatic nitrogens is 4. The van der Waals surface area contributed by atoms with E-state index in [2.05, 4.69) is 19.9 Å². The first kappa shape index (κ1) is 11.3. The van der Waals surface area contributed by atoms with Crippen LogP contribution < -0.4 is 10.5 Å². The van der Waals surface area contributed by atoms with E-state index in [1.165, 1.54) is 0 Å². The fourth-order valence-corrected chi connectivity index (χ4v) is 2.43. The topological polar surface area (TPSA) is 92.0 Å². The number of nitrogens with two attached hydrogens (primary N) is 1. The molecule has 1 saturated carbocycles. The lowest BCUT2D eigenvalue weighted by atomic mass is 10.3. The van der Waals surface area contributed by atoms with E-state index < -0.39 is 0 Å². The summed E-state index contributed by atoms with van der Waals surface area (Å²) in [4.78, 5) is 4.63. The van der Waals surface area contributed by atoms with Gasteiger partial charge in [-0.15, -0.1) is 0 Å². The lowest BCUT2D eigenvalue weighted by molar-refractivity contribution is 0.310. The second kappa shape index (κ2) is 3.96. The standard InChI is InChI=1S/C13H13N5O2/c1-19-8-4-5-10-9(6-8)15-13(18(10)7-2-3-7)11-12(14)17-20-16-11/h4-7H,2-3H2,1H3,(H2,14,17). The first-order chi connectivity index (χ1) is 9.78. The zero-order valence-electron chi connectivity index (χ0n) is 10.9. The van der Waals surface area contributed by atoms with Gasteiger partial charge < -0.3 is 15.0 Å². The predicted molar refractivity (Wildman–Crippen MR) is 72.3 cm³/mol. The Bertz CT molecular complexity index is 787. The van der Waals surface area contributed by atoms with Gasteiger partial charge in [0.2, 0.25) is 0 Å². The average Bonchev–Trinajstić information content (AvgIpc) is 3.10. The smallest absolute Gasteiger partial charge is 0.199 e. The van der Waals surface area contributed by atoms with Crippen molar-refractivity contribution in [3.05, 3.63) is 18.2 Å². The van der Waals surface area contributed by atoms with Crippen LogP contribution in [0.15, 0.2) is 22.8 Å². The molecule has 0 radical (unpaired) electrons. The van der Waals surface area contributed by atoms with Crippen LogP contribution in [0.4, 0.5) is 5.82 Å². The third-order valence-electron chi connectivity index (χ3n) is 3.53. The minimum atomic E-state index is 0.258. The summed E-state index contributed by atoms with van der Waals surface area (Å²) in [5.74, 6) is 1.74. The van der Waals surface area contributed by atoms with E-state index in [-0.39, 0.29) is 5.82 Å². The van der Waals surface area contributed by atoms with E-state index >= 15 is 0 Å². The number of hydrogen-bond donors (Lipinski definition) is 1. The molecule has 0 spiro atoms. The Hall–Kier alpha value is -2.57. The van der Waals surface area contributed by atoms with Gasteiger partial charge >= 0.3 is 0 Å². The number of imidazole rings is 1. The molecular weight excluding hydrogens is 258 g/mol. The van der Waals surface area contributed by atoms with Gasteiger partial charge in [-0.25, -0.2) is 9.61 Å². The molecule has 1 aromatic carbocycles. The number of ether oxygens (including phenoxy) is 1. The zero-order chi connectivity index (χ0) is 13.7. The molecule has 0 aliphatic heterocycles. The molecule has 3 aromatic rings. The normalized spacial score (nSPS) is 14.8. The Labute approximate surface area is 114 Å². The van der Waals surface area contributed by atoms with Crippen LogP contribution in [0.5, 0.6) is 5.75 Å². The van der Waals surface area contributed by atoms with Gasteiger partial charge in [0.25, 0.3) is 0 Å². The number of rotatable bonds is 3. The summed E-state index contributed by atoms with van der Waals surface area (Å²) in [5.41, 5.74) is 8.19. The molecule has 2 N–H and O–H groups in total. The largest absolute Gasteiger partial charge is 0.497 e. The SMILES string of the molecule is COc1ccc2c(c1)nc(-c1nonc1N)n2C1CC1. The van der Waals surface area contributed by atoms with Crippen LogP contribution in [0.25, 0.3) is 22.6 Å². The van der Waals surface area contributed by atoms with Gasteiger partial charge in [0, 0.05) is 12.1 Å². The molecule has 0 saturated heterocycles. The fourth-order valence-electron chi connectivity index (χ4n) is 2.43. The second-order valence-electron chi connectivity index (χ2n) is 4.89. The van der Waals surface area contributed by atoms with Gasteiger partial charge in [-0.05, 0) is 35.3 Å². The third kappa shape index (κ3) is 1.56. The number of benzene rings is 1. The molecule has 2 aromatic heterocycles. The van der Waals surface area contributed by atoms with Gasteiger partial charge in [0.1, 0.15) is 5.75 Å². The molecule has 2 heterocycles. The Balaban J connectivity index is 1.99. The second-order valence-corrected chi connectivity index (χ2v) is 4.89. The van der Waals surface area contributed by atoms with Gasteiger partial charge in [-0.1, -0.05) is 0 Å². The minimum Gasteiger partial charge on any atom is -0.497 e. The third-order valence-corrected chi connectivity index (χ3v) is 3.53. The van der Waals surface area contributed by atoms with Crippen LogP contribution >= 0.6 is 0 Å². The van der Waals surface area contributed by atoms with Crippen LogP contribution in [-0.4, -0.2) is 27.0 Å². The lowest BCUT2D eigenvalue weighted by Crippen LogP contribution is -1.99. The van der Waals surface area contributed by atoms with E-state index in [1.54, 1.807) is 7.11 Å². The molecule has 1 aliphatic rings. The highest BCUT2D eigenvalue weighted by molar-refractivity contribution is 5.83. The fraction of sp³-hybridized carbons (Fsp3) is 0.308. The summed E-state index contributed by atoms with van der Waals surface area (Å²) in [5, 5.41) is 7.50. The average molecular weight is 271 g/mol. The number of hydrogen-bond acceptors (Lipinski definition) is 6. The number of anilines is 1. The molecule has 20 heavy (non-hydrogen) atoms. The minimum absolute atomic E-state index is 0.258. The van der Waals surface area contributed by atoms with Crippen molar-refractivity contribution >= 4 is 16.9 Å². The molecule has 7 heteroatoms. The van der Waals surface area contributed by atoms with E-state index in [0.717, 1.165) is 29.6 Å². The van der Waals surface area contributed by atoms with Crippen molar-refractivity contribution in [3.8, 4) is 17.3 Å². The Morgan fingerprint density at radius 3 is 2.85 bits per heavy atom. The molecule has 0 unspecified atom stereocenters. The van der Waals surface area contributed by atoms with Crippen LogP contribution in [0.3, 0.4) is 0 Å². The molecule has 1 fully saturated rings. The highest BCUT2D eigenvalue weighted by Gasteiger charge is 2.30. The van der Waals surface area contributed by atoms with E-state index in [0.29, 0.717) is 17.6 Å². The first-order valence-corrected chi connectivity index (χ1v) is 6.42. The quantitative estimate of drug-likeness (QED) is 0.783. The summed E-state index contributed by atoms with van der Waals surface area (Å²) in [6.07, 6.45) is 2.27. The van der Waals surface area contributed by atoms with Crippen molar-refractivity contribution in [1.29, 1.82) is 0 Å². The predicted octanol–water partition coefficient (Wildman–Crippen LogP) is 2.01. The Morgan fingerprint density at radius 2 is 2.20 bits per heavy atom. The maximum absolute atomic E-state index is 5.79. The Kier molecular flexibility index (Phi) is 2.23. The molecule has 0 amide bonds. The molecular formula is C13H13N5O2. The van der Waals surface area contributed by atoms with Gasteiger partial charge in [-0.2, -0.15) is 0 Å². The molecule has 102 valence electrons. The van der Waals surface area contributed by atoms with Gasteiger partial charge in [0.15, 0.2) is 17.3 Å². The maximum Gasteiger partial charge on any atom is 0.199 e. The first-order valence-electron chi connectivity index (χ1n) is 6.42. The highest BCUT2D eigenvalue weighted by atomic mass is 16.6. The summed E-state index contributed by atoms with van der Waals surface area (Å²) in [6.45, 7) is 0. The summed E-state index contributed by atoms with van der Waals surface area (Å²) >= 11 is 0. The van der Waals surface area contributed by atoms with Gasteiger partial charge in [-0.3, -0.25) is 0 Å². The number of fused-ring (bicyclic) bond motifs is 1. The summed E-state index contributed by atoms with van der Waals surface area (Å²) in [6, 6.07) is 6.28. The van der Waals surface area contributed by atoms with Crippen molar-refractivity contribution in [2.24, 2.45) is 0 Å². The molecule has 1 aliphatic carbocycles. The molecule has 4 rings (SSSR count). The van der Waals surface area contributed by atoms with Crippen molar-refractivity contribution in [2.45, 2.75) is 18.9 Å². The van der Waals surface area contributed by atoms with E-state index in [1.807, 2.05) is 18.2 Å². The van der Waals surface area contributed by atoms with Crippen LogP contribution in [0.1, 0.15) is 18.9 Å². The summed E-state index contributed by atoms with van der Waals surface area (Å²) in [7, 11) is 1.64. The number of methoxy groups -OCH3 is 1.